The van der Waals surface area contributed by atoms with E-state index in [9.17, 15) is 9.59 Å². The zero-order chi connectivity index (χ0) is 24.2. The van der Waals surface area contributed by atoms with Gasteiger partial charge in [-0.3, -0.25) is 4.79 Å². The molecule has 1 aliphatic carbocycles. The van der Waals surface area contributed by atoms with Crippen LogP contribution in [-0.4, -0.2) is 31.6 Å². The van der Waals surface area contributed by atoms with E-state index in [0.29, 0.717) is 58.5 Å². The molecule has 178 valence electrons. The largest absolute Gasteiger partial charge is 0.460 e. The van der Waals surface area contributed by atoms with Crippen molar-refractivity contribution in [2.24, 2.45) is 0 Å². The summed E-state index contributed by atoms with van der Waals surface area (Å²) < 4.78 is 10.8. The number of ether oxygens (including phenoxy) is 2. The first-order valence-electron chi connectivity index (χ1n) is 11.4. The molecule has 0 saturated carbocycles. The third-order valence-corrected chi connectivity index (χ3v) is 6.82. The van der Waals surface area contributed by atoms with Crippen LogP contribution in [0.4, 0.5) is 0 Å². The maximum Gasteiger partial charge on any atom is 0.336 e. The number of carbonyl (C=O) groups excluding carboxylic acids is 2. The molecule has 2 aromatic carbocycles. The van der Waals surface area contributed by atoms with Crippen LogP contribution in [0.2, 0.25) is 10.0 Å². The predicted molar refractivity (Wildman–Crippen MR) is 133 cm³/mol. The number of nitrogens with one attached hydrogen (secondary N) is 1. The van der Waals surface area contributed by atoms with Crippen molar-refractivity contribution in [3.05, 3.63) is 92.2 Å². The van der Waals surface area contributed by atoms with E-state index in [-0.39, 0.29) is 18.3 Å². The standard InChI is InChI=1S/C27H27Cl2NO4/c1-3-33-11-12-34-27(32)24-16(2)30-22-13-18(17-7-5-4-6-8-17)14-23(31)26(22)25(24)20-10-9-19(28)15-21(20)29/h4-10,15,18,25,30H,3,11-14H2,1-2H3. The summed E-state index contributed by atoms with van der Waals surface area (Å²) >= 11 is 12.7. The smallest absolute Gasteiger partial charge is 0.336 e. The number of carbonyl (C=O) groups is 2. The molecular weight excluding hydrogens is 473 g/mol. The summed E-state index contributed by atoms with van der Waals surface area (Å²) in [4.78, 5) is 26.8. The number of ketones is 1. The summed E-state index contributed by atoms with van der Waals surface area (Å²) in [5.74, 6) is -1.07. The van der Waals surface area contributed by atoms with Crippen molar-refractivity contribution in [1.29, 1.82) is 0 Å². The second kappa shape index (κ2) is 10.8. The average Bonchev–Trinajstić information content (AvgIpc) is 2.81. The summed E-state index contributed by atoms with van der Waals surface area (Å²) in [5.41, 5.74) is 4.20. The van der Waals surface area contributed by atoms with Gasteiger partial charge in [-0.1, -0.05) is 59.6 Å². The van der Waals surface area contributed by atoms with Gasteiger partial charge < -0.3 is 14.8 Å². The van der Waals surface area contributed by atoms with E-state index in [1.54, 1.807) is 18.2 Å². The van der Waals surface area contributed by atoms with E-state index in [2.05, 4.69) is 5.32 Å². The van der Waals surface area contributed by atoms with E-state index < -0.39 is 11.9 Å². The third-order valence-electron chi connectivity index (χ3n) is 6.26. The topological polar surface area (TPSA) is 64.6 Å². The lowest BCUT2D eigenvalue weighted by atomic mass is 9.71. The highest BCUT2D eigenvalue weighted by Crippen LogP contribution is 2.47. The minimum atomic E-state index is -0.634. The van der Waals surface area contributed by atoms with Gasteiger partial charge in [0.25, 0.3) is 0 Å². The Labute approximate surface area is 209 Å². The molecule has 0 fully saturated rings. The van der Waals surface area contributed by atoms with Crippen molar-refractivity contribution in [2.75, 3.05) is 19.8 Å². The van der Waals surface area contributed by atoms with Crippen LogP contribution in [0.25, 0.3) is 0 Å². The number of Topliss-reactive ketones (excluding diaryl/α,β-unsaturated/α-hetero) is 1. The molecule has 1 N–H and O–H groups in total. The van der Waals surface area contributed by atoms with Gasteiger partial charge in [-0.2, -0.15) is 0 Å². The molecule has 0 bridgehead atoms. The SMILES string of the molecule is CCOCCOC(=O)C1=C(C)NC2=C(C(=O)CC(c3ccccc3)C2)C1c1ccc(Cl)cc1Cl. The van der Waals surface area contributed by atoms with Gasteiger partial charge in [0.2, 0.25) is 0 Å². The Hall–Kier alpha value is -2.60. The molecule has 34 heavy (non-hydrogen) atoms. The summed E-state index contributed by atoms with van der Waals surface area (Å²) in [6.45, 7) is 4.68. The lowest BCUT2D eigenvalue weighted by Crippen LogP contribution is -2.36. The van der Waals surface area contributed by atoms with Crippen molar-refractivity contribution in [1.82, 2.24) is 5.32 Å². The van der Waals surface area contributed by atoms with Crippen LogP contribution >= 0.6 is 23.2 Å². The first-order chi connectivity index (χ1) is 16.4. The Morgan fingerprint density at radius 1 is 1.09 bits per heavy atom. The summed E-state index contributed by atoms with van der Waals surface area (Å²) in [5, 5.41) is 4.23. The second-order valence-electron chi connectivity index (χ2n) is 8.43. The first-order valence-corrected chi connectivity index (χ1v) is 12.1. The van der Waals surface area contributed by atoms with Crippen molar-refractivity contribution >= 4 is 35.0 Å². The molecule has 2 aliphatic rings. The summed E-state index contributed by atoms with van der Waals surface area (Å²) in [6.07, 6.45) is 1.02. The highest BCUT2D eigenvalue weighted by molar-refractivity contribution is 6.35. The predicted octanol–water partition coefficient (Wildman–Crippen LogP) is 5.93. The van der Waals surface area contributed by atoms with E-state index in [1.165, 1.54) is 0 Å². The molecule has 7 heteroatoms. The summed E-state index contributed by atoms with van der Waals surface area (Å²) in [7, 11) is 0. The van der Waals surface area contributed by atoms with E-state index in [4.69, 9.17) is 32.7 Å². The van der Waals surface area contributed by atoms with Crippen LogP contribution in [0.5, 0.6) is 0 Å². The normalized spacial score (nSPS) is 20.2. The fraction of sp³-hybridized carbons (Fsp3) is 0.333. The van der Waals surface area contributed by atoms with Crippen molar-refractivity contribution in [2.45, 2.75) is 38.5 Å². The molecular formula is C27H27Cl2NO4. The number of dihydropyridines is 1. The number of allylic oxidation sites excluding steroid dienone is 3. The highest BCUT2D eigenvalue weighted by atomic mass is 35.5. The Kier molecular flexibility index (Phi) is 7.77. The van der Waals surface area contributed by atoms with Gasteiger partial charge in [0.05, 0.1) is 12.2 Å². The molecule has 4 rings (SSSR count). The van der Waals surface area contributed by atoms with Gasteiger partial charge in [-0.15, -0.1) is 0 Å². The minimum absolute atomic E-state index is 0.00858. The Balaban J connectivity index is 1.75. The van der Waals surface area contributed by atoms with Crippen LogP contribution < -0.4 is 5.32 Å². The monoisotopic (exact) mass is 499 g/mol. The van der Waals surface area contributed by atoms with Gasteiger partial charge >= 0.3 is 5.97 Å². The van der Waals surface area contributed by atoms with Crippen molar-refractivity contribution < 1.29 is 19.1 Å². The fourth-order valence-corrected chi connectivity index (χ4v) is 5.25. The lowest BCUT2D eigenvalue weighted by molar-refractivity contribution is -0.140. The number of hydrogen-bond acceptors (Lipinski definition) is 5. The Bertz CT molecular complexity index is 1160. The first kappa shape index (κ1) is 24.5. The molecule has 2 atom stereocenters. The number of rotatable bonds is 7. The molecule has 2 aromatic rings. The maximum absolute atomic E-state index is 13.6. The minimum Gasteiger partial charge on any atom is -0.460 e. The van der Waals surface area contributed by atoms with Gasteiger partial charge in [-0.05, 0) is 49.4 Å². The van der Waals surface area contributed by atoms with Gasteiger partial charge in [0.1, 0.15) is 6.61 Å². The van der Waals surface area contributed by atoms with Crippen LogP contribution in [0.3, 0.4) is 0 Å². The second-order valence-corrected chi connectivity index (χ2v) is 9.27. The number of esters is 1. The van der Waals surface area contributed by atoms with Gasteiger partial charge in [0.15, 0.2) is 5.78 Å². The van der Waals surface area contributed by atoms with E-state index in [1.807, 2.05) is 44.2 Å². The summed E-state index contributed by atoms with van der Waals surface area (Å²) in [6, 6.07) is 15.2. The van der Waals surface area contributed by atoms with Crippen LogP contribution in [-0.2, 0) is 19.1 Å². The molecule has 0 amide bonds. The zero-order valence-electron chi connectivity index (χ0n) is 19.2. The van der Waals surface area contributed by atoms with E-state index in [0.717, 1.165) is 11.3 Å². The zero-order valence-corrected chi connectivity index (χ0v) is 20.7. The molecule has 0 spiro atoms. The number of hydrogen-bond donors (Lipinski definition) is 1. The molecule has 0 aromatic heterocycles. The molecule has 0 saturated heterocycles. The van der Waals surface area contributed by atoms with Crippen LogP contribution in [0.1, 0.15) is 49.7 Å². The molecule has 1 heterocycles. The van der Waals surface area contributed by atoms with E-state index >= 15 is 0 Å². The Morgan fingerprint density at radius 3 is 2.56 bits per heavy atom. The molecule has 1 aliphatic heterocycles. The lowest BCUT2D eigenvalue weighted by Gasteiger charge is -2.37. The molecule has 0 radical (unpaired) electrons. The maximum atomic E-state index is 13.6. The van der Waals surface area contributed by atoms with Crippen LogP contribution in [0.15, 0.2) is 71.1 Å². The molecule has 2 unspecified atom stereocenters. The third kappa shape index (κ3) is 5.07. The Morgan fingerprint density at radius 2 is 1.85 bits per heavy atom. The van der Waals surface area contributed by atoms with Crippen molar-refractivity contribution in [3.8, 4) is 0 Å². The fourth-order valence-electron chi connectivity index (χ4n) is 4.73. The average molecular weight is 500 g/mol. The van der Waals surface area contributed by atoms with Crippen LogP contribution in [0, 0.1) is 0 Å². The number of halogens is 2. The van der Waals surface area contributed by atoms with Gasteiger partial charge in [-0.25, -0.2) is 4.79 Å². The molecule has 5 nitrogen and oxygen atoms in total. The number of benzene rings is 2. The highest BCUT2D eigenvalue weighted by Gasteiger charge is 2.42. The van der Waals surface area contributed by atoms with Crippen molar-refractivity contribution in [3.63, 3.8) is 0 Å². The quantitative estimate of drug-likeness (QED) is 0.377. The van der Waals surface area contributed by atoms with Gasteiger partial charge in [0, 0.05) is 46.0 Å².